The van der Waals surface area contributed by atoms with Crippen molar-refractivity contribution in [1.29, 1.82) is 0 Å². The van der Waals surface area contributed by atoms with Crippen LogP contribution in [-0.4, -0.2) is 121 Å². The Morgan fingerprint density at radius 2 is 1.54 bits per heavy atom. The molecule has 0 aromatic carbocycles. The number of hydrogen-bond donors (Lipinski definition) is 9. The van der Waals surface area contributed by atoms with Crippen molar-refractivity contribution < 1.29 is 60.2 Å². The molecule has 12 heteroatoms. The van der Waals surface area contributed by atoms with E-state index in [0.29, 0.717) is 38.5 Å². The van der Waals surface area contributed by atoms with E-state index in [4.69, 9.17) is 9.47 Å². The summed E-state index contributed by atoms with van der Waals surface area (Å²) in [7, 11) is 0. The maximum atomic E-state index is 13.0. The van der Waals surface area contributed by atoms with Crippen LogP contribution in [-0.2, 0) is 14.3 Å². The van der Waals surface area contributed by atoms with Crippen LogP contribution in [0.3, 0.4) is 0 Å². The standard InChI is InChI=1S/C36H58O12/c1-31(2)10-11-36(30(45)46)19(12-31)18-6-7-22-32(3)13-20(40)28(48-29-27(44)26(43)25(42)21(15-37)47-29)35(16-38,17-39)23(32)8-9-33(22,4)34(18,5)14-24(36)41/h6,19-29,37-44H,7-17H2,1-5H3,(H,45,46)/t19-,20?,21+,22+,23+,24+,25?,26?,27?,28-,29?,32+,33+,34+,36+/m0/s1. The van der Waals surface area contributed by atoms with E-state index >= 15 is 0 Å². The monoisotopic (exact) mass is 682 g/mol. The smallest absolute Gasteiger partial charge is 0.312 e. The van der Waals surface area contributed by atoms with Crippen molar-refractivity contribution in [2.24, 2.45) is 50.2 Å². The first kappa shape index (κ1) is 36.6. The van der Waals surface area contributed by atoms with E-state index in [1.807, 2.05) is 0 Å². The number of carboxylic acids is 1. The number of allylic oxidation sites excluding steroid dienone is 2. The van der Waals surface area contributed by atoms with Crippen LogP contribution < -0.4 is 0 Å². The van der Waals surface area contributed by atoms with Crippen LogP contribution in [0.25, 0.3) is 0 Å². The Morgan fingerprint density at radius 1 is 0.875 bits per heavy atom. The summed E-state index contributed by atoms with van der Waals surface area (Å²) >= 11 is 0. The molecule has 48 heavy (non-hydrogen) atoms. The lowest BCUT2D eigenvalue weighted by molar-refractivity contribution is -0.349. The summed E-state index contributed by atoms with van der Waals surface area (Å²) in [5.74, 6) is -1.65. The van der Waals surface area contributed by atoms with Gasteiger partial charge in [-0.05, 0) is 90.8 Å². The summed E-state index contributed by atoms with van der Waals surface area (Å²) in [6.07, 6.45) is -4.81. The highest BCUT2D eigenvalue weighted by Gasteiger charge is 2.73. The Hall–Kier alpha value is -1.19. The van der Waals surface area contributed by atoms with E-state index < -0.39 is 102 Å². The van der Waals surface area contributed by atoms with Gasteiger partial charge in [-0.25, -0.2) is 0 Å². The Morgan fingerprint density at radius 3 is 2.15 bits per heavy atom. The molecule has 5 unspecified atom stereocenters. The number of fused-ring (bicyclic) bond motifs is 7. The third-order valence-electron chi connectivity index (χ3n) is 15.3. The van der Waals surface area contributed by atoms with Crippen molar-refractivity contribution in [2.75, 3.05) is 19.8 Å². The third-order valence-corrected chi connectivity index (χ3v) is 15.3. The number of ether oxygens (including phenoxy) is 2. The van der Waals surface area contributed by atoms with Gasteiger partial charge in [0.2, 0.25) is 0 Å². The van der Waals surface area contributed by atoms with Crippen LogP contribution in [0.1, 0.15) is 86.0 Å². The Bertz CT molecular complexity index is 1280. The molecule has 5 aliphatic carbocycles. The molecule has 274 valence electrons. The van der Waals surface area contributed by atoms with Crippen LogP contribution in [0, 0.1) is 50.2 Å². The molecule has 0 aromatic heterocycles. The van der Waals surface area contributed by atoms with Gasteiger partial charge in [0.25, 0.3) is 0 Å². The Kier molecular flexibility index (Phi) is 9.10. The number of aliphatic carboxylic acids is 1. The van der Waals surface area contributed by atoms with E-state index in [9.17, 15) is 50.8 Å². The highest BCUT2D eigenvalue weighted by Crippen LogP contribution is 2.76. The molecule has 5 fully saturated rings. The maximum absolute atomic E-state index is 13.0. The van der Waals surface area contributed by atoms with E-state index in [2.05, 4.69) is 40.7 Å². The molecule has 0 aromatic rings. The number of carboxylic acid groups (broad SMARTS) is 1. The summed E-state index contributed by atoms with van der Waals surface area (Å²) in [6.45, 7) is 9.13. The molecular formula is C36H58O12. The van der Waals surface area contributed by atoms with Crippen molar-refractivity contribution in [3.05, 3.63) is 11.6 Å². The zero-order valence-corrected chi connectivity index (χ0v) is 29.0. The van der Waals surface area contributed by atoms with Gasteiger partial charge in [-0.1, -0.05) is 46.3 Å². The predicted molar refractivity (Wildman–Crippen MR) is 171 cm³/mol. The van der Waals surface area contributed by atoms with Gasteiger partial charge in [-0.2, -0.15) is 0 Å². The molecule has 4 saturated carbocycles. The quantitative estimate of drug-likeness (QED) is 0.141. The number of rotatable bonds is 6. The van der Waals surface area contributed by atoms with Crippen LogP contribution in [0.4, 0.5) is 0 Å². The van der Waals surface area contributed by atoms with Crippen molar-refractivity contribution >= 4 is 5.97 Å². The lowest BCUT2D eigenvalue weighted by atomic mass is 9.33. The van der Waals surface area contributed by atoms with Crippen molar-refractivity contribution in [3.8, 4) is 0 Å². The molecule has 0 bridgehead atoms. The maximum Gasteiger partial charge on any atom is 0.312 e. The van der Waals surface area contributed by atoms with Crippen molar-refractivity contribution in [2.45, 2.75) is 135 Å². The van der Waals surface area contributed by atoms with Gasteiger partial charge in [0.15, 0.2) is 6.29 Å². The molecule has 15 atom stereocenters. The predicted octanol–water partition coefficient (Wildman–Crippen LogP) is 0.944. The molecule has 1 saturated heterocycles. The Balaban J connectivity index is 1.38. The zero-order valence-electron chi connectivity index (χ0n) is 29.0. The first-order chi connectivity index (χ1) is 22.3. The minimum Gasteiger partial charge on any atom is -0.481 e. The van der Waals surface area contributed by atoms with Crippen LogP contribution in [0.5, 0.6) is 0 Å². The van der Waals surface area contributed by atoms with E-state index in [1.54, 1.807) is 0 Å². The highest BCUT2D eigenvalue weighted by atomic mass is 16.7. The molecule has 12 nitrogen and oxygen atoms in total. The number of hydrogen-bond acceptors (Lipinski definition) is 11. The van der Waals surface area contributed by atoms with Crippen LogP contribution >= 0.6 is 0 Å². The highest BCUT2D eigenvalue weighted by molar-refractivity contribution is 5.77. The lowest BCUT2D eigenvalue weighted by Gasteiger charge is -2.72. The third kappa shape index (κ3) is 4.73. The van der Waals surface area contributed by atoms with Crippen molar-refractivity contribution in [3.63, 3.8) is 0 Å². The van der Waals surface area contributed by atoms with Gasteiger partial charge in [-0.15, -0.1) is 0 Å². The zero-order chi connectivity index (χ0) is 35.4. The van der Waals surface area contributed by atoms with Gasteiger partial charge in [0.05, 0.1) is 38.1 Å². The summed E-state index contributed by atoms with van der Waals surface area (Å²) in [5, 5.41) is 97.7. The molecule has 0 radical (unpaired) electrons. The second-order valence-electron chi connectivity index (χ2n) is 17.9. The molecule has 9 N–H and O–H groups in total. The van der Waals surface area contributed by atoms with E-state index in [1.165, 1.54) is 0 Å². The summed E-state index contributed by atoms with van der Waals surface area (Å²) in [5.41, 5.74) is -3.13. The minimum absolute atomic E-state index is 0.0565. The summed E-state index contributed by atoms with van der Waals surface area (Å²) in [4.78, 5) is 13.0. The fourth-order valence-electron chi connectivity index (χ4n) is 12.5. The van der Waals surface area contributed by atoms with E-state index in [0.717, 1.165) is 12.0 Å². The van der Waals surface area contributed by atoms with Gasteiger partial charge < -0.3 is 55.4 Å². The Labute approximate surface area is 282 Å². The molecule has 0 spiro atoms. The molecular weight excluding hydrogens is 624 g/mol. The van der Waals surface area contributed by atoms with Gasteiger partial charge >= 0.3 is 5.97 Å². The van der Waals surface area contributed by atoms with Gasteiger partial charge in [0.1, 0.15) is 29.8 Å². The molecule has 1 aliphatic heterocycles. The van der Waals surface area contributed by atoms with Crippen LogP contribution in [0.2, 0.25) is 0 Å². The van der Waals surface area contributed by atoms with Crippen molar-refractivity contribution in [1.82, 2.24) is 0 Å². The number of aliphatic hydroxyl groups excluding tert-OH is 8. The van der Waals surface area contributed by atoms with Gasteiger partial charge in [0, 0.05) is 5.41 Å². The normalized spacial score (nSPS) is 52.6. The van der Waals surface area contributed by atoms with E-state index in [-0.39, 0.29) is 29.6 Å². The second-order valence-corrected chi connectivity index (χ2v) is 17.9. The molecule has 0 amide bonds. The van der Waals surface area contributed by atoms with Crippen LogP contribution in [0.15, 0.2) is 11.6 Å². The number of carbonyl (C=O) groups is 1. The minimum atomic E-state index is -1.71. The fraction of sp³-hybridized carbons (Fsp3) is 0.917. The SMILES string of the molecule is CC1(C)CC[C@]2(C(=O)O)[C@H](O)C[C@]3(C)C(=CC[C@@H]4[C@@]5(C)CC(O)[C@H](OC6O[C@H](CO)C(O)C(O)C6O)C(CO)(CO)[C@@H]5CC[C@]43C)[C@@H]2C1. The topological polar surface area (TPSA) is 218 Å². The van der Waals surface area contributed by atoms with Gasteiger partial charge in [-0.3, -0.25) is 4.79 Å². The average molecular weight is 683 g/mol. The molecule has 6 rings (SSSR count). The average Bonchev–Trinajstić information content (AvgIpc) is 3.01. The first-order valence-corrected chi connectivity index (χ1v) is 17.8. The lowest BCUT2D eigenvalue weighted by Crippen LogP contribution is -2.71. The largest absolute Gasteiger partial charge is 0.481 e. The molecule has 1 heterocycles. The summed E-state index contributed by atoms with van der Waals surface area (Å²) < 4.78 is 11.8. The fourth-order valence-corrected chi connectivity index (χ4v) is 12.5. The second kappa shape index (κ2) is 11.9. The first-order valence-electron chi connectivity index (χ1n) is 17.8. The summed E-state index contributed by atoms with van der Waals surface area (Å²) in [6, 6.07) is 0. The molecule has 6 aliphatic rings. The number of aliphatic hydroxyl groups is 8.